The lowest BCUT2D eigenvalue weighted by molar-refractivity contribution is 0.185. The van der Waals surface area contributed by atoms with E-state index in [2.05, 4.69) is 10.3 Å². The zero-order chi connectivity index (χ0) is 11.7. The first kappa shape index (κ1) is 11.3. The molecule has 0 aliphatic carbocycles. The first-order valence-corrected chi connectivity index (χ1v) is 7.24. The summed E-state index contributed by atoms with van der Waals surface area (Å²) in [5.74, 6) is 4.67. The van der Waals surface area contributed by atoms with Gasteiger partial charge in [0.1, 0.15) is 11.6 Å². The van der Waals surface area contributed by atoms with Crippen molar-refractivity contribution in [3.63, 3.8) is 0 Å². The Balaban J connectivity index is 1.84. The van der Waals surface area contributed by atoms with Gasteiger partial charge in [0.05, 0.1) is 5.69 Å². The number of hydrogen-bond donors (Lipinski definition) is 1. The lowest BCUT2D eigenvalue weighted by Crippen LogP contribution is -2.11. The molecule has 1 aromatic heterocycles. The van der Waals surface area contributed by atoms with Crippen LogP contribution in [0.5, 0.6) is 0 Å². The van der Waals surface area contributed by atoms with Crippen molar-refractivity contribution in [3.05, 3.63) is 17.1 Å². The van der Waals surface area contributed by atoms with Crippen molar-refractivity contribution in [1.82, 2.24) is 9.97 Å². The van der Waals surface area contributed by atoms with Crippen molar-refractivity contribution in [2.75, 3.05) is 25.6 Å². The van der Waals surface area contributed by atoms with Gasteiger partial charge in [-0.25, -0.2) is 9.97 Å². The summed E-state index contributed by atoms with van der Waals surface area (Å²) in [5, 5.41) is 3.20. The predicted octanol–water partition coefficient (Wildman–Crippen LogP) is 1.84. The minimum absolute atomic E-state index is 0.604. The normalized spacial score (nSPS) is 22.8. The second-order valence-corrected chi connectivity index (χ2v) is 5.58. The maximum absolute atomic E-state index is 5.40. The molecule has 92 valence electrons. The van der Waals surface area contributed by atoms with Crippen LogP contribution in [0.3, 0.4) is 0 Å². The Morgan fingerprint density at radius 2 is 2.35 bits per heavy atom. The molecule has 3 heterocycles. The van der Waals surface area contributed by atoms with Crippen LogP contribution in [0.1, 0.15) is 23.5 Å². The van der Waals surface area contributed by atoms with E-state index in [4.69, 9.17) is 9.72 Å². The Hall–Kier alpha value is -0.810. The summed E-state index contributed by atoms with van der Waals surface area (Å²) < 4.78 is 5.40. The molecule has 3 rings (SSSR count). The minimum Gasteiger partial charge on any atom is -0.381 e. The van der Waals surface area contributed by atoms with Gasteiger partial charge in [-0.1, -0.05) is 0 Å². The first-order chi connectivity index (χ1) is 8.36. The molecule has 4 nitrogen and oxygen atoms in total. The van der Waals surface area contributed by atoms with E-state index in [-0.39, 0.29) is 0 Å². The van der Waals surface area contributed by atoms with E-state index >= 15 is 0 Å². The molecule has 5 heteroatoms. The molecule has 0 amide bonds. The van der Waals surface area contributed by atoms with Crippen LogP contribution < -0.4 is 5.32 Å². The number of nitrogens with one attached hydrogen (secondary N) is 1. The van der Waals surface area contributed by atoms with Crippen LogP contribution in [0.4, 0.5) is 5.82 Å². The number of nitrogens with zero attached hydrogens (tertiary/aromatic N) is 2. The third-order valence-corrected chi connectivity index (χ3v) is 4.33. The van der Waals surface area contributed by atoms with Crippen LogP contribution >= 0.6 is 11.8 Å². The van der Waals surface area contributed by atoms with Crippen LogP contribution in [-0.4, -0.2) is 30.2 Å². The maximum atomic E-state index is 5.40. The smallest absolute Gasteiger partial charge is 0.133 e. The van der Waals surface area contributed by atoms with E-state index in [9.17, 15) is 0 Å². The lowest BCUT2D eigenvalue weighted by atomic mass is 10.0. The van der Waals surface area contributed by atoms with Gasteiger partial charge in [-0.15, -0.1) is 0 Å². The molecule has 1 aromatic rings. The fourth-order valence-electron chi connectivity index (χ4n) is 2.40. The maximum Gasteiger partial charge on any atom is 0.133 e. The van der Waals surface area contributed by atoms with Crippen molar-refractivity contribution in [3.8, 4) is 0 Å². The number of ether oxygens (including phenoxy) is 1. The number of aromatic nitrogens is 2. The summed E-state index contributed by atoms with van der Waals surface area (Å²) in [7, 11) is 1.94. The molecule has 0 radical (unpaired) electrons. The van der Waals surface area contributed by atoms with Crippen LogP contribution in [0.2, 0.25) is 0 Å². The molecule has 0 aromatic carbocycles. The van der Waals surface area contributed by atoms with Gasteiger partial charge >= 0.3 is 0 Å². The van der Waals surface area contributed by atoms with E-state index in [1.807, 2.05) is 18.8 Å². The van der Waals surface area contributed by atoms with Crippen molar-refractivity contribution < 1.29 is 4.74 Å². The highest BCUT2D eigenvalue weighted by molar-refractivity contribution is 7.98. The number of thioether (sulfide) groups is 1. The van der Waals surface area contributed by atoms with Crippen molar-refractivity contribution in [2.24, 2.45) is 5.92 Å². The average molecular weight is 251 g/mol. The molecule has 0 spiro atoms. The molecule has 1 atom stereocenters. The fourth-order valence-corrected chi connectivity index (χ4v) is 3.44. The zero-order valence-corrected chi connectivity index (χ0v) is 10.8. The highest BCUT2D eigenvalue weighted by atomic mass is 32.2. The van der Waals surface area contributed by atoms with Gasteiger partial charge in [0.15, 0.2) is 0 Å². The molecule has 2 aliphatic heterocycles. The number of fused-ring (bicyclic) bond motifs is 1. The molecule has 17 heavy (non-hydrogen) atoms. The van der Waals surface area contributed by atoms with Gasteiger partial charge in [-0.3, -0.25) is 0 Å². The van der Waals surface area contributed by atoms with E-state index in [1.165, 1.54) is 11.3 Å². The van der Waals surface area contributed by atoms with Gasteiger partial charge in [-0.05, 0) is 12.3 Å². The summed E-state index contributed by atoms with van der Waals surface area (Å²) in [6, 6.07) is 0. The van der Waals surface area contributed by atoms with E-state index in [1.54, 1.807) is 0 Å². The average Bonchev–Trinajstić information content (AvgIpc) is 2.98. The Morgan fingerprint density at radius 1 is 1.41 bits per heavy atom. The van der Waals surface area contributed by atoms with E-state index in [0.29, 0.717) is 5.92 Å². The van der Waals surface area contributed by atoms with Gasteiger partial charge in [0, 0.05) is 43.8 Å². The molecule has 1 N–H and O–H groups in total. The second kappa shape index (κ2) is 4.82. The summed E-state index contributed by atoms with van der Waals surface area (Å²) in [4.78, 5) is 9.33. The number of rotatable bonds is 3. The number of hydrogen-bond acceptors (Lipinski definition) is 5. The lowest BCUT2D eigenvalue weighted by Gasteiger charge is -2.11. The summed E-state index contributed by atoms with van der Waals surface area (Å²) >= 11 is 1.92. The van der Waals surface area contributed by atoms with Crippen LogP contribution in [0.25, 0.3) is 0 Å². The Labute approximate surface area is 106 Å². The first-order valence-electron chi connectivity index (χ1n) is 6.08. The quantitative estimate of drug-likeness (QED) is 0.888. The second-order valence-electron chi connectivity index (χ2n) is 4.59. The van der Waals surface area contributed by atoms with E-state index in [0.717, 1.165) is 49.2 Å². The zero-order valence-electron chi connectivity index (χ0n) is 10.0. The molecule has 0 bridgehead atoms. The van der Waals surface area contributed by atoms with Crippen LogP contribution in [-0.2, 0) is 22.7 Å². The Morgan fingerprint density at radius 3 is 3.12 bits per heavy atom. The number of anilines is 1. The van der Waals surface area contributed by atoms with E-state index < -0.39 is 0 Å². The molecule has 1 saturated heterocycles. The van der Waals surface area contributed by atoms with Gasteiger partial charge in [0.2, 0.25) is 0 Å². The third kappa shape index (κ3) is 2.26. The van der Waals surface area contributed by atoms with Crippen molar-refractivity contribution in [2.45, 2.75) is 24.3 Å². The van der Waals surface area contributed by atoms with Gasteiger partial charge in [0.25, 0.3) is 0 Å². The minimum atomic E-state index is 0.604. The summed E-state index contributed by atoms with van der Waals surface area (Å²) in [6.45, 7) is 1.76. The van der Waals surface area contributed by atoms with Crippen LogP contribution in [0, 0.1) is 5.92 Å². The highest BCUT2D eigenvalue weighted by Gasteiger charge is 2.22. The third-order valence-electron chi connectivity index (χ3n) is 3.36. The monoisotopic (exact) mass is 251 g/mol. The standard InChI is InChI=1S/C12H17N3OS/c1-13-12-9-6-17-7-10(9)14-11(15-12)4-8-2-3-16-5-8/h8H,2-7H2,1H3,(H,13,14,15). The topological polar surface area (TPSA) is 47.0 Å². The summed E-state index contributed by atoms with van der Waals surface area (Å²) in [5.41, 5.74) is 2.52. The molecular weight excluding hydrogens is 234 g/mol. The SMILES string of the molecule is CNc1nc(CC2CCOC2)nc2c1CSC2. The molecule has 1 fully saturated rings. The molecule has 0 saturated carbocycles. The fraction of sp³-hybridized carbons (Fsp3) is 0.667. The van der Waals surface area contributed by atoms with Crippen molar-refractivity contribution in [1.29, 1.82) is 0 Å². The Bertz CT molecular complexity index is 418. The molecular formula is C12H17N3OS. The van der Waals surface area contributed by atoms with Gasteiger partial charge < -0.3 is 10.1 Å². The van der Waals surface area contributed by atoms with Gasteiger partial charge in [-0.2, -0.15) is 11.8 Å². The largest absolute Gasteiger partial charge is 0.381 e. The molecule has 1 unspecified atom stereocenters. The highest BCUT2D eigenvalue weighted by Crippen LogP contribution is 2.33. The van der Waals surface area contributed by atoms with Crippen LogP contribution in [0.15, 0.2) is 0 Å². The summed E-state index contributed by atoms with van der Waals surface area (Å²) in [6.07, 6.45) is 2.09. The Kier molecular flexibility index (Phi) is 3.20. The predicted molar refractivity (Wildman–Crippen MR) is 69.2 cm³/mol. The molecule has 2 aliphatic rings. The van der Waals surface area contributed by atoms with Crippen molar-refractivity contribution >= 4 is 17.6 Å².